The molecule has 8 unspecified atom stereocenters. The molecular formula is C31H52N11O20P3S. The molecule has 0 aromatic carbocycles. The summed E-state index contributed by atoms with van der Waals surface area (Å²) in [5.74, 6) is -3.62. The molecule has 1 saturated heterocycles. The number of nitrogens with two attached hydrogens (primary N) is 3. The third-order valence-electron chi connectivity index (χ3n) is 8.88. The van der Waals surface area contributed by atoms with Crippen LogP contribution in [0.25, 0.3) is 11.2 Å². The number of imidazole rings is 1. The molecule has 31 nitrogen and oxygen atoms in total. The number of nitrogens with one attached hydrogen (secondary N) is 3. The Bertz CT molecular complexity index is 2210. The van der Waals surface area contributed by atoms with Crippen molar-refractivity contribution in [3.63, 3.8) is 0 Å². The number of rotatable bonds is 28. The third-order valence-corrected chi connectivity index (χ3v) is 13.0. The first kappa shape index (κ1) is 56.1. The highest BCUT2D eigenvalue weighted by Gasteiger charge is 2.50. The molecule has 1 aliphatic heterocycles. The van der Waals surface area contributed by atoms with E-state index in [0.717, 1.165) is 29.0 Å². The van der Waals surface area contributed by atoms with Crippen molar-refractivity contribution in [1.29, 1.82) is 0 Å². The first-order valence-electron chi connectivity index (χ1n) is 19.2. The van der Waals surface area contributed by atoms with Crippen LogP contribution in [-0.4, -0.2) is 158 Å². The summed E-state index contributed by atoms with van der Waals surface area (Å²) in [7, 11) is -16.5. The van der Waals surface area contributed by atoms with Crippen LogP contribution >= 0.6 is 35.2 Å². The molecule has 16 N–H and O–H groups in total. The molecule has 0 radical (unpaired) electrons. The van der Waals surface area contributed by atoms with E-state index in [2.05, 4.69) is 44.7 Å². The average Bonchev–Trinajstić information content (AvgIpc) is 3.77. The van der Waals surface area contributed by atoms with Crippen molar-refractivity contribution in [2.75, 3.05) is 44.3 Å². The number of hydrogen-bond donors (Lipinski definition) is 13. The lowest BCUT2D eigenvalue weighted by Gasteiger charge is -2.30. The van der Waals surface area contributed by atoms with Crippen LogP contribution in [0.1, 0.15) is 52.2 Å². The van der Waals surface area contributed by atoms with Crippen molar-refractivity contribution >= 4 is 87.0 Å². The number of carboxylic acid groups (broad SMARTS) is 1. The molecule has 1 fully saturated rings. The van der Waals surface area contributed by atoms with Gasteiger partial charge in [-0.1, -0.05) is 25.6 Å². The van der Waals surface area contributed by atoms with Crippen LogP contribution in [-0.2, 0) is 60.3 Å². The Kier molecular flexibility index (Phi) is 21.0. The van der Waals surface area contributed by atoms with E-state index in [-0.39, 0.29) is 67.6 Å². The van der Waals surface area contributed by atoms with E-state index in [4.69, 9.17) is 36.1 Å². The summed E-state index contributed by atoms with van der Waals surface area (Å²) in [6.45, 7) is 0.154. The third kappa shape index (κ3) is 18.5. The number of carboxylic acids is 1. The number of aromatic nitrogens is 4. The summed E-state index contributed by atoms with van der Waals surface area (Å²) >= 11 is 0.793. The molecule has 66 heavy (non-hydrogen) atoms. The van der Waals surface area contributed by atoms with Crippen LogP contribution in [0.2, 0.25) is 0 Å². The largest absolute Gasteiger partial charge is 0.481 e. The number of thioether (sulfide) groups is 1. The number of nitrogens with zero attached hydrogens (tertiary/aromatic N) is 5. The number of hydrogen-bond acceptors (Lipinski definition) is 21. The van der Waals surface area contributed by atoms with Crippen molar-refractivity contribution in [2.45, 2.75) is 82.6 Å². The average molecular weight is 1020 g/mol. The molecule has 3 heterocycles. The Hall–Kier alpha value is -4.23. The second-order valence-corrected chi connectivity index (χ2v) is 20.0. The zero-order valence-electron chi connectivity index (χ0n) is 35.1. The predicted molar refractivity (Wildman–Crippen MR) is 226 cm³/mol. The molecule has 0 aliphatic carbocycles. The zero-order valence-corrected chi connectivity index (χ0v) is 38.6. The molecule has 3 amide bonds. The molecule has 2 aromatic heterocycles. The molecule has 1 aliphatic rings. The van der Waals surface area contributed by atoms with Gasteiger partial charge in [-0.25, -0.2) is 28.6 Å². The van der Waals surface area contributed by atoms with Gasteiger partial charge in [-0.15, -0.1) is 0 Å². The van der Waals surface area contributed by atoms with Gasteiger partial charge >= 0.3 is 29.4 Å². The Balaban J connectivity index is 1.45. The quantitative estimate of drug-likeness (QED) is 0.0176. The highest BCUT2D eigenvalue weighted by Crippen LogP contribution is 2.61. The minimum Gasteiger partial charge on any atom is -0.481 e. The monoisotopic (exact) mass is 1020 g/mol. The van der Waals surface area contributed by atoms with Gasteiger partial charge in [-0.2, -0.15) is 4.31 Å². The van der Waals surface area contributed by atoms with E-state index in [1.807, 2.05) is 0 Å². The Morgan fingerprint density at radius 3 is 2.32 bits per heavy atom. The van der Waals surface area contributed by atoms with Gasteiger partial charge in [0, 0.05) is 43.6 Å². The molecule has 0 bridgehead atoms. The Morgan fingerprint density at radius 2 is 1.67 bits per heavy atom. The van der Waals surface area contributed by atoms with Gasteiger partial charge in [-0.3, -0.25) is 47.1 Å². The van der Waals surface area contributed by atoms with Gasteiger partial charge in [0.25, 0.3) is 0 Å². The second-order valence-electron chi connectivity index (χ2n) is 14.7. The summed E-state index contributed by atoms with van der Waals surface area (Å²) in [6, 6.07) is -0.988. The van der Waals surface area contributed by atoms with Gasteiger partial charge in [0.2, 0.25) is 22.8 Å². The number of aliphatic hydroxyl groups excluding tert-OH is 2. The number of carbonyl (C=O) groups is 5. The topological polar surface area (TPSA) is 494 Å². The van der Waals surface area contributed by atoms with Crippen molar-refractivity contribution in [1.82, 2.24) is 35.5 Å². The number of guanidine groups is 1. The number of ether oxygens (including phenoxy) is 1. The normalized spacial score (nSPS) is 20.4. The lowest BCUT2D eigenvalue weighted by atomic mass is 9.87. The lowest BCUT2D eigenvalue weighted by molar-refractivity contribution is -0.139. The zero-order chi connectivity index (χ0) is 49.6. The van der Waals surface area contributed by atoms with Crippen LogP contribution in [0.5, 0.6) is 0 Å². The van der Waals surface area contributed by atoms with Gasteiger partial charge in [0.15, 0.2) is 23.7 Å². The first-order chi connectivity index (χ1) is 30.6. The van der Waals surface area contributed by atoms with E-state index in [1.54, 1.807) is 0 Å². The molecule has 35 heteroatoms. The molecule has 8 atom stereocenters. The van der Waals surface area contributed by atoms with E-state index in [1.165, 1.54) is 13.8 Å². The fourth-order valence-electron chi connectivity index (χ4n) is 5.62. The molecular weight excluding hydrogens is 971 g/mol. The highest BCUT2D eigenvalue weighted by atomic mass is 32.2. The molecule has 0 spiro atoms. The highest BCUT2D eigenvalue weighted by molar-refractivity contribution is 8.13. The van der Waals surface area contributed by atoms with E-state index >= 15 is 0 Å². The maximum absolute atomic E-state index is 12.8. The number of phosphoric acid groups is 3. The van der Waals surface area contributed by atoms with Gasteiger partial charge in [0.1, 0.15) is 36.3 Å². The van der Waals surface area contributed by atoms with Gasteiger partial charge in [-0.05, 0) is 12.8 Å². The van der Waals surface area contributed by atoms with Crippen LogP contribution in [0.15, 0.2) is 17.6 Å². The number of carbonyl (C=O) groups excluding carboxylic acids is 4. The summed E-state index contributed by atoms with van der Waals surface area (Å²) in [4.78, 5) is 116. The minimum atomic E-state index is -5.62. The van der Waals surface area contributed by atoms with Crippen molar-refractivity contribution in [3.05, 3.63) is 12.7 Å². The first-order valence-corrected chi connectivity index (χ1v) is 24.7. The van der Waals surface area contributed by atoms with Gasteiger partial charge < -0.3 is 72.8 Å². The maximum Gasteiger partial charge on any atom is 0.481 e. The summed E-state index contributed by atoms with van der Waals surface area (Å²) in [6.07, 6.45) is -7.61. The number of aliphatic carboxylic acids is 1. The van der Waals surface area contributed by atoms with E-state index in [9.17, 15) is 67.5 Å². The van der Waals surface area contributed by atoms with Crippen molar-refractivity contribution in [2.24, 2.45) is 21.9 Å². The van der Waals surface area contributed by atoms with E-state index in [0.29, 0.717) is 6.42 Å². The lowest BCUT2D eigenvalue weighted by Crippen LogP contribution is -2.46. The van der Waals surface area contributed by atoms with Crippen molar-refractivity contribution < 1.29 is 95.2 Å². The Labute approximate surface area is 378 Å². The summed E-state index contributed by atoms with van der Waals surface area (Å²) < 4.78 is 62.2. The number of amides is 3. The number of fused-ring (bicyclic) bond motifs is 1. The number of phosphoric ester groups is 3. The van der Waals surface area contributed by atoms with Crippen LogP contribution in [0.4, 0.5) is 5.82 Å². The summed E-state index contributed by atoms with van der Waals surface area (Å²) in [5.41, 5.74) is 14.7. The fraction of sp³-hybridized carbons (Fsp3) is 0.645. The molecule has 2 aromatic rings. The van der Waals surface area contributed by atoms with Crippen molar-refractivity contribution in [3.8, 4) is 0 Å². The predicted octanol–water partition coefficient (Wildman–Crippen LogP) is -2.93. The molecule has 372 valence electrons. The Morgan fingerprint density at radius 1 is 0.985 bits per heavy atom. The van der Waals surface area contributed by atoms with E-state index < -0.39 is 114 Å². The minimum absolute atomic E-state index is 0.00861. The number of aliphatic imine (C=N–C) groups is 1. The fourth-order valence-corrected chi connectivity index (χ4v) is 9.23. The summed E-state index contributed by atoms with van der Waals surface area (Å²) in [5, 5.41) is 37.2. The van der Waals surface area contributed by atoms with Crippen LogP contribution in [0, 0.1) is 5.41 Å². The standard InChI is InChI=1S/C31H52N11O20P3S/c1-31(2,24(48)27(49)36-9-7-18(43)35-10-11-66-29(50)16(4-3-8-37-30(33)34)41-19(44)5-6-20(45)46)13-59-65(56,57)62-64(54,55)58-12-17-23(61-63(51,52)53)22(47)28(60-17)42-15-40-21-25(32)38-14-39-26(21)42/h14-17,22-24,28,47-48H,3-13H2,1-2H3,(H,35,43)(H,36,49)(H,41,44)(H,45,46)(H,54,55)(H,56,57)(H2,32,38,39)(H4,33,34,37)(H2,51,52,53). The smallest absolute Gasteiger partial charge is 0.481 e. The maximum atomic E-state index is 12.8. The van der Waals surface area contributed by atoms with Crippen LogP contribution in [0.3, 0.4) is 0 Å². The van der Waals surface area contributed by atoms with Gasteiger partial charge in [0.05, 0.1) is 32.0 Å². The van der Waals surface area contributed by atoms with Crippen LogP contribution < -0.4 is 33.2 Å². The molecule has 0 saturated carbocycles. The number of aliphatic hydroxyl groups is 2. The second kappa shape index (κ2) is 24.7. The SMILES string of the molecule is CC(C)(COP(=O)(O)OP(=O)(O)OCC1OC(n2cnc3c(N)ncnc32)C(O)C1OP(=O)(O)O)C(O)C(=O)NCCC(=O)NCCSC(=O)C(CCCN=C(N)N)NC(=O)CCC(=O)O. The molecule has 3 rings (SSSR count). The number of nitrogen functional groups attached to an aromatic ring is 1. The number of anilines is 1.